The number of aromatic nitrogens is 4. The second-order valence-corrected chi connectivity index (χ2v) is 8.49. The van der Waals surface area contributed by atoms with Gasteiger partial charge in [0, 0.05) is 43.8 Å². The fraction of sp³-hybridized carbons (Fsp3) is 0.250. The molecule has 2 aromatic carbocycles. The fourth-order valence-corrected chi connectivity index (χ4v) is 4.53. The lowest BCUT2D eigenvalue weighted by Crippen LogP contribution is -2.31. The van der Waals surface area contributed by atoms with Gasteiger partial charge in [0.1, 0.15) is 22.5 Å². The molecule has 1 atom stereocenters. The van der Waals surface area contributed by atoms with Gasteiger partial charge in [-0.05, 0) is 24.6 Å². The topological polar surface area (TPSA) is 120 Å². The van der Waals surface area contributed by atoms with Crippen LogP contribution in [0.4, 0.5) is 20.2 Å². The average Bonchev–Trinajstić information content (AvgIpc) is 3.45. The monoisotopic (exact) mass is 495 g/mol. The molecule has 0 spiro atoms. The molecular weight excluding hydrogens is 472 g/mol. The molecule has 0 radical (unpaired) electrons. The first kappa shape index (κ1) is 23.4. The summed E-state index contributed by atoms with van der Waals surface area (Å²) in [7, 11) is 2.95. The predicted octanol–water partition coefficient (Wildman–Crippen LogP) is 2.20. The Balaban J connectivity index is 1.59. The van der Waals surface area contributed by atoms with Gasteiger partial charge < -0.3 is 20.7 Å². The highest BCUT2D eigenvalue weighted by Crippen LogP contribution is 2.38. The van der Waals surface area contributed by atoms with E-state index in [1.54, 1.807) is 7.05 Å². The third-order valence-electron chi connectivity index (χ3n) is 6.21. The van der Waals surface area contributed by atoms with E-state index >= 15 is 4.39 Å². The van der Waals surface area contributed by atoms with E-state index in [4.69, 9.17) is 10.5 Å². The molecule has 3 heterocycles. The van der Waals surface area contributed by atoms with E-state index in [2.05, 4.69) is 15.5 Å². The van der Waals surface area contributed by atoms with Crippen molar-refractivity contribution >= 4 is 28.2 Å². The minimum Gasteiger partial charge on any atom is -0.494 e. The number of para-hydroxylation sites is 1. The molecule has 5 rings (SSSR count). The van der Waals surface area contributed by atoms with Gasteiger partial charge in [0.25, 0.3) is 11.5 Å². The number of aryl methyl sites for hydroxylation is 1. The molecule has 10 nitrogen and oxygen atoms in total. The van der Waals surface area contributed by atoms with Gasteiger partial charge in [-0.15, -0.1) is 0 Å². The lowest BCUT2D eigenvalue weighted by molar-refractivity contribution is 0.102. The maximum Gasteiger partial charge on any atom is 0.284 e. The number of nitrogens with two attached hydrogens (primary N) is 1. The Morgan fingerprint density at radius 3 is 2.72 bits per heavy atom. The number of rotatable bonds is 5. The number of carbonyl (C=O) groups excluding carboxylic acids is 1. The van der Waals surface area contributed by atoms with Gasteiger partial charge in [0.2, 0.25) is 0 Å². The normalized spacial score (nSPS) is 15.5. The number of hydrogen-bond acceptors (Lipinski definition) is 7. The number of fused-ring (bicyclic) bond motifs is 1. The molecule has 1 aliphatic rings. The summed E-state index contributed by atoms with van der Waals surface area (Å²) in [5.41, 5.74) is 5.69. The second kappa shape index (κ2) is 9.04. The summed E-state index contributed by atoms with van der Waals surface area (Å²) < 4.78 is 37.0. The first-order valence-electron chi connectivity index (χ1n) is 11.2. The maximum atomic E-state index is 15.0. The Bertz CT molecular complexity index is 1550. The number of halogens is 2. The maximum absolute atomic E-state index is 15.0. The molecule has 0 saturated carbocycles. The highest BCUT2D eigenvalue weighted by atomic mass is 19.1. The lowest BCUT2D eigenvalue weighted by Gasteiger charge is -2.23. The van der Waals surface area contributed by atoms with E-state index in [-0.39, 0.29) is 34.2 Å². The van der Waals surface area contributed by atoms with Gasteiger partial charge in [0.15, 0.2) is 11.6 Å². The quantitative estimate of drug-likeness (QED) is 0.436. The minimum absolute atomic E-state index is 0.0684. The van der Waals surface area contributed by atoms with Crippen LogP contribution in [0.25, 0.3) is 16.6 Å². The summed E-state index contributed by atoms with van der Waals surface area (Å²) in [5, 5.41) is 11.3. The van der Waals surface area contributed by atoms with Gasteiger partial charge in [-0.3, -0.25) is 14.3 Å². The molecule has 0 unspecified atom stereocenters. The zero-order valence-corrected chi connectivity index (χ0v) is 19.5. The molecule has 3 N–H and O–H groups in total. The van der Waals surface area contributed by atoms with Crippen molar-refractivity contribution in [2.75, 3.05) is 30.4 Å². The Hall–Kier alpha value is -4.32. The van der Waals surface area contributed by atoms with E-state index in [9.17, 15) is 14.0 Å². The molecule has 0 bridgehead atoms. The average molecular weight is 495 g/mol. The van der Waals surface area contributed by atoms with Gasteiger partial charge in [-0.1, -0.05) is 6.07 Å². The molecule has 0 aliphatic carbocycles. The third-order valence-corrected chi connectivity index (χ3v) is 6.21. The number of benzene rings is 2. The summed E-state index contributed by atoms with van der Waals surface area (Å²) in [6.07, 6.45) is 3.46. The van der Waals surface area contributed by atoms with Gasteiger partial charge in [-0.2, -0.15) is 14.9 Å². The Morgan fingerprint density at radius 2 is 2.00 bits per heavy atom. The van der Waals surface area contributed by atoms with E-state index in [1.807, 2.05) is 4.90 Å². The number of carbonyl (C=O) groups is 1. The highest BCUT2D eigenvalue weighted by Gasteiger charge is 2.27. The smallest absolute Gasteiger partial charge is 0.284 e. The molecule has 1 fully saturated rings. The van der Waals surface area contributed by atoms with Crippen LogP contribution in [-0.4, -0.2) is 51.7 Å². The standard InChI is InChI=1S/C24H23F2N7O3/c1-31-20-15(11-29-31)21(32-9-7-13(27)12-32)18(10-17(20)26)30-23(34)14-6-8-28-33(24(14)35)22-16(25)4-3-5-19(22)36-2/h3-6,8,10-11,13H,7,9,12,27H2,1-2H3,(H,30,34)/t13-/m0/s1. The second-order valence-electron chi connectivity index (χ2n) is 8.49. The van der Waals surface area contributed by atoms with Crippen molar-refractivity contribution in [2.24, 2.45) is 12.8 Å². The number of methoxy groups -OCH3 is 1. The van der Waals surface area contributed by atoms with Crippen LogP contribution in [0, 0.1) is 11.6 Å². The van der Waals surface area contributed by atoms with Crippen molar-refractivity contribution in [2.45, 2.75) is 12.5 Å². The number of amides is 1. The summed E-state index contributed by atoms with van der Waals surface area (Å²) in [4.78, 5) is 28.4. The van der Waals surface area contributed by atoms with Crippen LogP contribution in [0.3, 0.4) is 0 Å². The lowest BCUT2D eigenvalue weighted by atomic mass is 10.1. The molecule has 36 heavy (non-hydrogen) atoms. The van der Waals surface area contributed by atoms with Crippen molar-refractivity contribution in [1.82, 2.24) is 19.6 Å². The molecule has 2 aromatic heterocycles. The molecule has 1 amide bonds. The van der Waals surface area contributed by atoms with Crippen molar-refractivity contribution < 1.29 is 18.3 Å². The molecule has 186 valence electrons. The van der Waals surface area contributed by atoms with Crippen LogP contribution in [-0.2, 0) is 7.05 Å². The van der Waals surface area contributed by atoms with Crippen LogP contribution in [0.5, 0.6) is 5.75 Å². The largest absolute Gasteiger partial charge is 0.494 e. The molecule has 4 aromatic rings. The minimum atomic E-state index is -0.869. The van der Waals surface area contributed by atoms with Crippen LogP contribution < -0.4 is 26.2 Å². The molecular formula is C24H23F2N7O3. The number of ether oxygens (including phenoxy) is 1. The summed E-state index contributed by atoms with van der Waals surface area (Å²) in [5.74, 6) is -2.08. The number of nitrogens with one attached hydrogen (secondary N) is 1. The Kier molecular flexibility index (Phi) is 5.88. The summed E-state index contributed by atoms with van der Waals surface area (Å²) >= 11 is 0. The van der Waals surface area contributed by atoms with E-state index < -0.39 is 23.1 Å². The fourth-order valence-electron chi connectivity index (χ4n) is 4.53. The van der Waals surface area contributed by atoms with Crippen molar-refractivity contribution in [1.29, 1.82) is 0 Å². The predicted molar refractivity (Wildman–Crippen MR) is 130 cm³/mol. The first-order valence-corrected chi connectivity index (χ1v) is 11.2. The SMILES string of the molecule is COc1cccc(F)c1-n1nccc(C(=O)Nc2cc(F)c3c(cnn3C)c2N2CC[C@H](N)C2)c1=O. The zero-order chi connectivity index (χ0) is 25.6. The highest BCUT2D eigenvalue weighted by molar-refractivity contribution is 6.09. The van der Waals surface area contributed by atoms with Crippen molar-refractivity contribution in [3.8, 4) is 11.4 Å². The Labute approximate surface area is 203 Å². The summed E-state index contributed by atoms with van der Waals surface area (Å²) in [6, 6.07) is 6.38. The molecule has 1 aliphatic heterocycles. The van der Waals surface area contributed by atoms with Gasteiger partial charge >= 0.3 is 0 Å². The van der Waals surface area contributed by atoms with Gasteiger partial charge in [0.05, 0.1) is 24.7 Å². The van der Waals surface area contributed by atoms with E-state index in [1.165, 1.54) is 48.5 Å². The van der Waals surface area contributed by atoms with Crippen LogP contribution in [0.2, 0.25) is 0 Å². The molecule has 12 heteroatoms. The van der Waals surface area contributed by atoms with Crippen LogP contribution in [0.1, 0.15) is 16.8 Å². The van der Waals surface area contributed by atoms with Crippen molar-refractivity contribution in [3.63, 3.8) is 0 Å². The number of nitrogens with zero attached hydrogens (tertiary/aromatic N) is 5. The zero-order valence-electron chi connectivity index (χ0n) is 19.5. The first-order chi connectivity index (χ1) is 17.3. The van der Waals surface area contributed by atoms with Gasteiger partial charge in [-0.25, -0.2) is 8.78 Å². The number of hydrogen-bond donors (Lipinski definition) is 2. The van der Waals surface area contributed by atoms with E-state index in [0.29, 0.717) is 24.2 Å². The molecule has 1 saturated heterocycles. The summed E-state index contributed by atoms with van der Waals surface area (Å²) in [6.45, 7) is 1.11. The van der Waals surface area contributed by atoms with Crippen LogP contribution in [0.15, 0.2) is 47.5 Å². The van der Waals surface area contributed by atoms with Crippen LogP contribution >= 0.6 is 0 Å². The Morgan fingerprint density at radius 1 is 1.19 bits per heavy atom. The third kappa shape index (κ3) is 3.85. The van der Waals surface area contributed by atoms with Crippen molar-refractivity contribution in [3.05, 3.63) is 70.3 Å². The van der Waals surface area contributed by atoms with E-state index in [0.717, 1.165) is 17.2 Å². The number of anilines is 2.